The minimum absolute atomic E-state index is 0.0276. The molecule has 3 atom stereocenters. The van der Waals surface area contributed by atoms with E-state index in [9.17, 15) is 24.0 Å². The number of hydrogen-bond donors (Lipinski definition) is 3. The third-order valence-electron chi connectivity index (χ3n) is 7.92. The molecular weight excluding hydrogens is 721 g/mol. The van der Waals surface area contributed by atoms with Gasteiger partial charge in [0, 0.05) is 11.1 Å². The van der Waals surface area contributed by atoms with Crippen molar-refractivity contribution in [1.82, 2.24) is 20.5 Å². The molecule has 5 rings (SSSR count). The van der Waals surface area contributed by atoms with Crippen LogP contribution in [0.15, 0.2) is 95.1 Å². The van der Waals surface area contributed by atoms with E-state index in [1.54, 1.807) is 20.8 Å². The van der Waals surface area contributed by atoms with Gasteiger partial charge in [-0.25, -0.2) is 14.6 Å². The van der Waals surface area contributed by atoms with E-state index in [0.717, 1.165) is 22.5 Å². The monoisotopic (exact) mass is 760 g/mol. The zero-order valence-electron chi connectivity index (χ0n) is 29.6. The van der Waals surface area contributed by atoms with Crippen LogP contribution in [0.5, 0.6) is 0 Å². The maximum atomic E-state index is 14.0. The van der Waals surface area contributed by atoms with Gasteiger partial charge in [-0.15, -0.1) is 23.1 Å². The molecule has 1 aromatic heterocycles. The first kappa shape index (κ1) is 38.7. The minimum atomic E-state index is -1.03. The van der Waals surface area contributed by atoms with E-state index in [1.807, 2.05) is 67.6 Å². The van der Waals surface area contributed by atoms with Crippen LogP contribution in [-0.4, -0.2) is 81.3 Å². The summed E-state index contributed by atoms with van der Waals surface area (Å²) in [5.41, 5.74) is 1.20. The van der Waals surface area contributed by atoms with Crippen LogP contribution in [0.4, 0.5) is 9.93 Å². The van der Waals surface area contributed by atoms with Crippen molar-refractivity contribution >= 4 is 64.2 Å². The number of esters is 1. The lowest BCUT2D eigenvalue weighted by Crippen LogP contribution is -2.71. The number of aromatic nitrogens is 1. The van der Waals surface area contributed by atoms with Gasteiger partial charge in [0.25, 0.3) is 11.8 Å². The Balaban J connectivity index is 1.34. The number of nitrogens with one attached hydrogen (secondary N) is 3. The Labute approximate surface area is 315 Å². The fraction of sp³-hybridized carbons (Fsp3) is 0.324. The highest BCUT2D eigenvalue weighted by atomic mass is 32.2. The van der Waals surface area contributed by atoms with Crippen LogP contribution in [0.2, 0.25) is 0 Å². The molecule has 0 bridgehead atoms. The van der Waals surface area contributed by atoms with Gasteiger partial charge < -0.3 is 30.3 Å². The molecule has 3 N–H and O–H groups in total. The van der Waals surface area contributed by atoms with E-state index in [-0.39, 0.29) is 28.8 Å². The number of hydrogen-bond acceptors (Lipinski definition) is 12. The Morgan fingerprint density at radius 1 is 1.09 bits per heavy atom. The van der Waals surface area contributed by atoms with Crippen molar-refractivity contribution in [1.29, 1.82) is 0 Å². The first-order valence-corrected chi connectivity index (χ1v) is 18.7. The van der Waals surface area contributed by atoms with E-state index in [0.29, 0.717) is 24.2 Å². The molecule has 0 spiro atoms. The quantitative estimate of drug-likeness (QED) is 0.0635. The van der Waals surface area contributed by atoms with Crippen molar-refractivity contribution in [2.45, 2.75) is 63.3 Å². The van der Waals surface area contributed by atoms with Gasteiger partial charge in [0.15, 0.2) is 16.9 Å². The molecule has 16 heteroatoms. The van der Waals surface area contributed by atoms with Gasteiger partial charge in [0.1, 0.15) is 34.5 Å². The number of oxime groups is 1. The summed E-state index contributed by atoms with van der Waals surface area (Å²) in [5.74, 6) is -1.69. The molecule has 2 aromatic carbocycles. The lowest BCUT2D eigenvalue weighted by molar-refractivity contribution is -0.154. The predicted octanol–water partition coefficient (Wildman–Crippen LogP) is 4.91. The van der Waals surface area contributed by atoms with Crippen LogP contribution < -0.4 is 16.0 Å². The summed E-state index contributed by atoms with van der Waals surface area (Å²) in [6, 6.07) is 17.5. The zero-order valence-corrected chi connectivity index (χ0v) is 31.2. The van der Waals surface area contributed by atoms with Gasteiger partial charge in [-0.1, -0.05) is 85.4 Å². The summed E-state index contributed by atoms with van der Waals surface area (Å²) in [7, 11) is 0. The van der Waals surface area contributed by atoms with Crippen molar-refractivity contribution in [2.24, 2.45) is 5.16 Å². The highest BCUT2D eigenvalue weighted by molar-refractivity contribution is 8.00. The van der Waals surface area contributed by atoms with E-state index >= 15 is 0 Å². The molecule has 2 aliphatic heterocycles. The van der Waals surface area contributed by atoms with E-state index < -0.39 is 53.1 Å². The third-order valence-corrected chi connectivity index (χ3v) is 9.99. The molecule has 53 heavy (non-hydrogen) atoms. The predicted molar refractivity (Wildman–Crippen MR) is 201 cm³/mol. The van der Waals surface area contributed by atoms with E-state index in [1.165, 1.54) is 28.1 Å². The fourth-order valence-electron chi connectivity index (χ4n) is 5.34. The van der Waals surface area contributed by atoms with Gasteiger partial charge >= 0.3 is 12.1 Å². The lowest BCUT2D eigenvalue weighted by atomic mass is 10.0. The SMILES string of the molecule is C=CC1=C(C(=O)OC(c2ccccc2)c2ccccc2)N2C(=O)C(NC(=O)C(=NOC(CC)CNC(=O)OC(C)(C)C)c3csc(NC=O)n3)[C@H]2SC1. The summed E-state index contributed by atoms with van der Waals surface area (Å²) in [5, 5.41) is 13.0. The highest BCUT2D eigenvalue weighted by Crippen LogP contribution is 2.42. The zero-order chi connectivity index (χ0) is 38.1. The number of allylic oxidation sites excluding steroid dienone is 1. The molecular formula is C37H40N6O8S2. The summed E-state index contributed by atoms with van der Waals surface area (Å²) < 4.78 is 11.4. The van der Waals surface area contributed by atoms with Crippen molar-refractivity contribution in [3.63, 3.8) is 0 Å². The number of fused-ring (bicyclic) bond motifs is 1. The van der Waals surface area contributed by atoms with Gasteiger partial charge in [-0.3, -0.25) is 19.3 Å². The second kappa shape index (κ2) is 17.4. The molecule has 2 unspecified atom stereocenters. The number of nitrogens with zero attached hydrogens (tertiary/aromatic N) is 3. The molecule has 1 saturated heterocycles. The Bertz CT molecular complexity index is 1850. The maximum Gasteiger partial charge on any atom is 0.407 e. The van der Waals surface area contributed by atoms with Gasteiger partial charge in [0.2, 0.25) is 6.41 Å². The molecule has 0 saturated carbocycles. The van der Waals surface area contributed by atoms with Crippen LogP contribution in [0.3, 0.4) is 0 Å². The molecule has 0 radical (unpaired) electrons. The normalized spacial score (nSPS) is 17.6. The average molecular weight is 761 g/mol. The number of ether oxygens (including phenoxy) is 2. The van der Waals surface area contributed by atoms with Crippen LogP contribution in [0.1, 0.15) is 57.0 Å². The van der Waals surface area contributed by atoms with Crippen molar-refractivity contribution < 1.29 is 38.3 Å². The molecule has 4 amide bonds. The van der Waals surface area contributed by atoms with Crippen LogP contribution in [0, 0.1) is 0 Å². The van der Waals surface area contributed by atoms with Crippen LogP contribution >= 0.6 is 23.1 Å². The first-order valence-electron chi connectivity index (χ1n) is 16.7. The Morgan fingerprint density at radius 2 is 1.75 bits per heavy atom. The first-order chi connectivity index (χ1) is 25.4. The number of carbonyl (C=O) groups is 5. The Hall–Kier alpha value is -5.48. The number of carbonyl (C=O) groups excluding carboxylic acids is 5. The summed E-state index contributed by atoms with van der Waals surface area (Å²) in [6.07, 6.45) is 0.336. The summed E-state index contributed by atoms with van der Waals surface area (Å²) in [6.45, 7) is 10.9. The van der Waals surface area contributed by atoms with Gasteiger partial charge in [0.05, 0.1) is 6.54 Å². The largest absolute Gasteiger partial charge is 0.448 e. The number of benzene rings is 2. The lowest BCUT2D eigenvalue weighted by Gasteiger charge is -2.49. The second-order valence-electron chi connectivity index (χ2n) is 12.8. The maximum absolute atomic E-state index is 14.0. The van der Waals surface area contributed by atoms with E-state index in [2.05, 4.69) is 32.7 Å². The second-order valence-corrected chi connectivity index (χ2v) is 14.8. The molecule has 0 aliphatic carbocycles. The van der Waals surface area contributed by atoms with Gasteiger partial charge in [-0.05, 0) is 43.9 Å². The van der Waals surface area contributed by atoms with Crippen LogP contribution in [0.25, 0.3) is 0 Å². The number of rotatable bonds is 15. The summed E-state index contributed by atoms with van der Waals surface area (Å²) in [4.78, 5) is 76.0. The van der Waals surface area contributed by atoms with Crippen molar-refractivity contribution in [3.8, 4) is 0 Å². The number of β-lactam (4-membered cyclic amide) rings is 1. The molecule has 14 nitrogen and oxygen atoms in total. The minimum Gasteiger partial charge on any atom is -0.448 e. The highest BCUT2D eigenvalue weighted by Gasteiger charge is 2.54. The standard InChI is InChI=1S/C37H40N6O8S2/c1-6-22-19-52-33-28(32(46)43(33)29(22)34(47)49-30(23-14-10-8-11-15-23)24-16-12-9-13-17-24)41-31(45)27(26-20-53-35(40-26)39-21-44)42-51-25(7-2)18-38-36(48)50-37(3,4)5/h6,8-17,20-21,25,28,30,33H,1,7,18-19H2,2-5H3,(H,38,48)(H,41,45)(H,39,40,44)/t25?,28?,33-/m1/s1. The van der Waals surface area contributed by atoms with Gasteiger partial charge in [-0.2, -0.15) is 0 Å². The van der Waals surface area contributed by atoms with Crippen molar-refractivity contribution in [2.75, 3.05) is 17.6 Å². The van der Waals surface area contributed by atoms with Crippen molar-refractivity contribution in [3.05, 3.63) is 107 Å². The smallest absolute Gasteiger partial charge is 0.407 e. The number of thiazole rings is 1. The van der Waals surface area contributed by atoms with Crippen LogP contribution in [-0.2, 0) is 33.5 Å². The number of thioether (sulfide) groups is 1. The topological polar surface area (TPSA) is 178 Å². The number of amides is 4. The number of alkyl carbamates (subject to hydrolysis) is 1. The Kier molecular flexibility index (Phi) is 12.7. The molecule has 1 fully saturated rings. The molecule has 2 aliphatic rings. The third kappa shape index (κ3) is 9.50. The molecule has 3 aromatic rings. The molecule has 278 valence electrons. The molecule has 3 heterocycles. The fourth-order valence-corrected chi connectivity index (χ4v) is 7.34. The Morgan fingerprint density at radius 3 is 2.34 bits per heavy atom. The van der Waals surface area contributed by atoms with E-state index in [4.69, 9.17) is 14.3 Å². The average Bonchev–Trinajstić information content (AvgIpc) is 3.61. The number of anilines is 1. The summed E-state index contributed by atoms with van der Waals surface area (Å²) >= 11 is 2.41.